The Balaban J connectivity index is 0.00000242. The van der Waals surface area contributed by atoms with Crippen LogP contribution in [0.5, 0.6) is 0 Å². The van der Waals surface area contributed by atoms with Gasteiger partial charge in [0.25, 0.3) is 0 Å². The SMILES string of the molecule is COCc1nc2cc(NC(=O)[C@@H](N)C(C)(C)C)ccc2o1.Cl. The summed E-state index contributed by atoms with van der Waals surface area (Å²) in [5, 5.41) is 2.80. The number of carbonyl (C=O) groups excluding carboxylic acids is 1. The quantitative estimate of drug-likeness (QED) is 0.901. The van der Waals surface area contributed by atoms with E-state index in [9.17, 15) is 4.79 Å². The van der Waals surface area contributed by atoms with E-state index in [-0.39, 0.29) is 23.7 Å². The molecule has 1 atom stereocenters. The molecule has 0 unspecified atom stereocenters. The average molecular weight is 328 g/mol. The van der Waals surface area contributed by atoms with Gasteiger partial charge in [0.15, 0.2) is 5.58 Å². The standard InChI is InChI=1S/C15H21N3O3.ClH/c1-15(2,3)13(16)14(19)17-9-5-6-11-10(7-9)18-12(21-11)8-20-4;/h5-7,13H,8,16H2,1-4H3,(H,17,19);1H/t13-;/m1./s1. The van der Waals surface area contributed by atoms with Gasteiger partial charge in [0.05, 0.1) is 6.04 Å². The lowest BCUT2D eigenvalue weighted by Gasteiger charge is -2.25. The number of carbonyl (C=O) groups is 1. The van der Waals surface area contributed by atoms with Crippen LogP contribution >= 0.6 is 12.4 Å². The number of ether oxygens (including phenoxy) is 1. The maximum absolute atomic E-state index is 12.1. The topological polar surface area (TPSA) is 90.4 Å². The van der Waals surface area contributed by atoms with Gasteiger partial charge in [-0.3, -0.25) is 4.79 Å². The summed E-state index contributed by atoms with van der Waals surface area (Å²) in [6.45, 7) is 6.09. The first kappa shape index (κ1) is 18.4. The molecule has 3 N–H and O–H groups in total. The number of benzene rings is 1. The van der Waals surface area contributed by atoms with Gasteiger partial charge in [0.1, 0.15) is 12.1 Å². The van der Waals surface area contributed by atoms with Crippen LogP contribution in [0.3, 0.4) is 0 Å². The number of aromatic nitrogens is 1. The van der Waals surface area contributed by atoms with Gasteiger partial charge >= 0.3 is 0 Å². The first-order valence-electron chi connectivity index (χ1n) is 6.76. The summed E-state index contributed by atoms with van der Waals surface area (Å²) in [6, 6.07) is 4.69. The van der Waals surface area contributed by atoms with Gasteiger partial charge < -0.3 is 20.2 Å². The number of methoxy groups -OCH3 is 1. The number of anilines is 1. The fourth-order valence-corrected chi connectivity index (χ4v) is 1.85. The van der Waals surface area contributed by atoms with Crippen molar-refractivity contribution in [2.24, 2.45) is 11.1 Å². The zero-order chi connectivity index (χ0) is 15.6. The second-order valence-electron chi connectivity index (χ2n) is 6.06. The van der Waals surface area contributed by atoms with Crippen molar-refractivity contribution in [1.82, 2.24) is 4.98 Å². The van der Waals surface area contributed by atoms with Gasteiger partial charge in [-0.15, -0.1) is 12.4 Å². The van der Waals surface area contributed by atoms with E-state index in [1.54, 1.807) is 25.3 Å². The molecule has 1 aromatic carbocycles. The largest absolute Gasteiger partial charge is 0.438 e. The van der Waals surface area contributed by atoms with E-state index in [4.69, 9.17) is 14.9 Å². The highest BCUT2D eigenvalue weighted by atomic mass is 35.5. The number of hydrogen-bond donors (Lipinski definition) is 2. The maximum atomic E-state index is 12.1. The number of rotatable bonds is 4. The average Bonchev–Trinajstić information content (AvgIpc) is 2.78. The lowest BCUT2D eigenvalue weighted by molar-refractivity contribution is -0.119. The summed E-state index contributed by atoms with van der Waals surface area (Å²) in [6.07, 6.45) is 0. The van der Waals surface area contributed by atoms with Crippen LogP contribution in [0.2, 0.25) is 0 Å². The Bertz CT molecular complexity index is 649. The van der Waals surface area contributed by atoms with Crippen molar-refractivity contribution in [3.63, 3.8) is 0 Å². The van der Waals surface area contributed by atoms with Gasteiger partial charge in [-0.2, -0.15) is 0 Å². The van der Waals surface area contributed by atoms with E-state index in [1.165, 1.54) is 0 Å². The van der Waals surface area contributed by atoms with Crippen molar-refractivity contribution >= 4 is 35.1 Å². The lowest BCUT2D eigenvalue weighted by Crippen LogP contribution is -2.45. The summed E-state index contributed by atoms with van der Waals surface area (Å²) in [5.74, 6) is 0.282. The highest BCUT2D eigenvalue weighted by Gasteiger charge is 2.27. The molecule has 22 heavy (non-hydrogen) atoms. The van der Waals surface area contributed by atoms with Crippen LogP contribution in [0.4, 0.5) is 5.69 Å². The lowest BCUT2D eigenvalue weighted by atomic mass is 9.87. The Hall–Kier alpha value is -1.63. The van der Waals surface area contributed by atoms with Crippen LogP contribution in [0.1, 0.15) is 26.7 Å². The van der Waals surface area contributed by atoms with Crippen molar-refractivity contribution in [2.45, 2.75) is 33.4 Å². The van der Waals surface area contributed by atoms with Crippen LogP contribution in [-0.4, -0.2) is 24.0 Å². The van der Waals surface area contributed by atoms with Crippen LogP contribution in [0.15, 0.2) is 22.6 Å². The normalized spacial score (nSPS) is 12.8. The van der Waals surface area contributed by atoms with Crippen molar-refractivity contribution in [3.8, 4) is 0 Å². The molecule has 1 aromatic heterocycles. The Morgan fingerprint density at radius 3 is 2.73 bits per heavy atom. The molecule has 0 saturated heterocycles. The molecule has 2 rings (SSSR count). The maximum Gasteiger partial charge on any atom is 0.241 e. The van der Waals surface area contributed by atoms with Gasteiger partial charge in [0, 0.05) is 12.8 Å². The van der Waals surface area contributed by atoms with Gasteiger partial charge in [-0.1, -0.05) is 20.8 Å². The third kappa shape index (κ3) is 4.19. The highest BCUT2D eigenvalue weighted by molar-refractivity contribution is 5.96. The number of nitrogens with two attached hydrogens (primary N) is 1. The number of hydrogen-bond acceptors (Lipinski definition) is 5. The van der Waals surface area contributed by atoms with E-state index in [2.05, 4.69) is 10.3 Å². The summed E-state index contributed by atoms with van der Waals surface area (Å²) in [5.41, 5.74) is 7.60. The molecule has 0 saturated carbocycles. The van der Waals surface area contributed by atoms with Crippen LogP contribution in [0.25, 0.3) is 11.1 Å². The van der Waals surface area contributed by atoms with E-state index in [0.29, 0.717) is 29.3 Å². The molecule has 122 valence electrons. The minimum Gasteiger partial charge on any atom is -0.438 e. The predicted octanol–water partition coefficient (Wildman–Crippen LogP) is 2.71. The molecule has 1 heterocycles. The summed E-state index contributed by atoms with van der Waals surface area (Å²) in [4.78, 5) is 16.4. The number of oxazole rings is 1. The fourth-order valence-electron chi connectivity index (χ4n) is 1.85. The molecular formula is C15H22ClN3O3. The Morgan fingerprint density at radius 2 is 2.14 bits per heavy atom. The fraction of sp³-hybridized carbons (Fsp3) is 0.467. The molecular weight excluding hydrogens is 306 g/mol. The molecule has 2 aromatic rings. The van der Waals surface area contributed by atoms with Gasteiger partial charge in [-0.25, -0.2) is 4.98 Å². The summed E-state index contributed by atoms with van der Waals surface area (Å²) < 4.78 is 10.5. The third-order valence-corrected chi connectivity index (χ3v) is 3.18. The van der Waals surface area contributed by atoms with Crippen molar-refractivity contribution in [2.75, 3.05) is 12.4 Å². The van der Waals surface area contributed by atoms with E-state index in [1.807, 2.05) is 20.8 Å². The molecule has 6 nitrogen and oxygen atoms in total. The van der Waals surface area contributed by atoms with Crippen LogP contribution < -0.4 is 11.1 Å². The number of halogens is 1. The third-order valence-electron chi connectivity index (χ3n) is 3.18. The first-order valence-corrected chi connectivity index (χ1v) is 6.76. The molecule has 0 aliphatic heterocycles. The van der Waals surface area contributed by atoms with E-state index >= 15 is 0 Å². The molecule has 0 radical (unpaired) electrons. The zero-order valence-corrected chi connectivity index (χ0v) is 14.0. The van der Waals surface area contributed by atoms with Crippen molar-refractivity contribution in [1.29, 1.82) is 0 Å². The monoisotopic (exact) mass is 327 g/mol. The van der Waals surface area contributed by atoms with Gasteiger partial charge in [-0.05, 0) is 23.6 Å². The Kier molecular flexibility index (Phi) is 5.93. The number of amides is 1. The van der Waals surface area contributed by atoms with Crippen LogP contribution in [0, 0.1) is 5.41 Å². The number of nitrogens with one attached hydrogen (secondary N) is 1. The van der Waals surface area contributed by atoms with Crippen molar-refractivity contribution in [3.05, 3.63) is 24.1 Å². The van der Waals surface area contributed by atoms with Crippen molar-refractivity contribution < 1.29 is 13.9 Å². The second-order valence-corrected chi connectivity index (χ2v) is 6.06. The molecule has 0 fully saturated rings. The Morgan fingerprint density at radius 1 is 1.45 bits per heavy atom. The van der Waals surface area contributed by atoms with E-state index in [0.717, 1.165) is 0 Å². The number of fused-ring (bicyclic) bond motifs is 1. The highest BCUT2D eigenvalue weighted by Crippen LogP contribution is 2.22. The molecule has 0 aliphatic carbocycles. The molecule has 0 bridgehead atoms. The first-order chi connectivity index (χ1) is 9.81. The smallest absolute Gasteiger partial charge is 0.241 e. The minimum absolute atomic E-state index is 0. The molecule has 7 heteroatoms. The summed E-state index contributed by atoms with van der Waals surface area (Å²) in [7, 11) is 1.58. The van der Waals surface area contributed by atoms with E-state index < -0.39 is 6.04 Å². The Labute approximate surface area is 135 Å². The number of nitrogens with zero attached hydrogens (tertiary/aromatic N) is 1. The van der Waals surface area contributed by atoms with Gasteiger partial charge in [0.2, 0.25) is 11.8 Å². The van der Waals surface area contributed by atoms with Crippen LogP contribution in [-0.2, 0) is 16.1 Å². The molecule has 0 aliphatic rings. The predicted molar refractivity (Wildman–Crippen MR) is 88.0 cm³/mol. The molecule has 0 spiro atoms. The minimum atomic E-state index is -0.588. The molecule has 1 amide bonds. The second kappa shape index (κ2) is 7.09. The zero-order valence-electron chi connectivity index (χ0n) is 13.2. The summed E-state index contributed by atoms with van der Waals surface area (Å²) >= 11 is 0.